The summed E-state index contributed by atoms with van der Waals surface area (Å²) in [6.07, 6.45) is -8.02. The highest BCUT2D eigenvalue weighted by atomic mass is 16.7. The molecule has 2 aliphatic heterocycles. The summed E-state index contributed by atoms with van der Waals surface area (Å²) in [7, 11) is 0. The summed E-state index contributed by atoms with van der Waals surface area (Å²) in [5.74, 6) is -1.63. The van der Waals surface area contributed by atoms with Crippen molar-refractivity contribution in [3.63, 3.8) is 0 Å². The van der Waals surface area contributed by atoms with E-state index in [2.05, 4.69) is 0 Å². The molecule has 0 aliphatic carbocycles. The van der Waals surface area contributed by atoms with Gasteiger partial charge in [-0.3, -0.25) is 4.79 Å². The molecule has 2 aromatic rings. The lowest BCUT2D eigenvalue weighted by Crippen LogP contribution is -2.44. The largest absolute Gasteiger partial charge is 0.508 e. The van der Waals surface area contributed by atoms with Crippen LogP contribution in [0.15, 0.2) is 36.4 Å². The molecule has 2 aromatic carbocycles. The van der Waals surface area contributed by atoms with Crippen LogP contribution in [0.4, 0.5) is 0 Å². The van der Waals surface area contributed by atoms with E-state index < -0.39 is 54.9 Å². The maximum Gasteiger partial charge on any atom is 0.203 e. The number of aromatic hydroxyl groups is 3. The molecular formula is C20H20O10. The third kappa shape index (κ3) is 3.44. The third-order valence-electron chi connectivity index (χ3n) is 5.10. The Balaban J connectivity index is 1.72. The Morgan fingerprint density at radius 2 is 1.67 bits per heavy atom. The van der Waals surface area contributed by atoms with Gasteiger partial charge in [0.1, 0.15) is 46.9 Å². The first kappa shape index (κ1) is 20.4. The van der Waals surface area contributed by atoms with Gasteiger partial charge in [-0.05, 0) is 17.7 Å². The van der Waals surface area contributed by atoms with Crippen LogP contribution in [0.5, 0.6) is 23.0 Å². The minimum Gasteiger partial charge on any atom is -0.508 e. The second kappa shape index (κ2) is 7.74. The Morgan fingerprint density at radius 3 is 2.30 bits per heavy atom. The number of aliphatic hydroxyl groups excluding tert-OH is 3. The topological polar surface area (TPSA) is 166 Å². The van der Waals surface area contributed by atoms with E-state index in [0.717, 1.165) is 6.07 Å². The Kier molecular flexibility index (Phi) is 5.26. The van der Waals surface area contributed by atoms with Gasteiger partial charge in [-0.1, -0.05) is 12.1 Å². The van der Waals surface area contributed by atoms with Crippen LogP contribution in [0.3, 0.4) is 0 Å². The van der Waals surface area contributed by atoms with Crippen LogP contribution in [0, 0.1) is 0 Å². The van der Waals surface area contributed by atoms with E-state index in [1.807, 2.05) is 0 Å². The normalized spacial score (nSPS) is 30.7. The number of carbonyl (C=O) groups excluding carboxylic acids is 1. The van der Waals surface area contributed by atoms with Crippen LogP contribution >= 0.6 is 0 Å². The number of phenolic OH excluding ortho intramolecular Hbond substituents is 3. The Bertz CT molecular complexity index is 943. The van der Waals surface area contributed by atoms with Crippen molar-refractivity contribution in [2.24, 2.45) is 0 Å². The third-order valence-corrected chi connectivity index (χ3v) is 5.10. The summed E-state index contributed by atoms with van der Waals surface area (Å²) in [6, 6.07) is 7.89. The van der Waals surface area contributed by atoms with Crippen LogP contribution in [-0.4, -0.2) is 73.7 Å². The molecule has 0 aromatic heterocycles. The Hall–Kier alpha value is -2.89. The predicted molar refractivity (Wildman–Crippen MR) is 98.2 cm³/mol. The zero-order chi connectivity index (χ0) is 21.6. The highest BCUT2D eigenvalue weighted by Gasteiger charge is 2.48. The summed E-state index contributed by atoms with van der Waals surface area (Å²) in [4.78, 5) is 13.2. The zero-order valence-electron chi connectivity index (χ0n) is 15.5. The van der Waals surface area contributed by atoms with Gasteiger partial charge in [-0.2, -0.15) is 0 Å². The first-order valence-corrected chi connectivity index (χ1v) is 9.14. The number of benzene rings is 2. The molecule has 1 saturated heterocycles. The van der Waals surface area contributed by atoms with Gasteiger partial charge in [0.2, 0.25) is 5.78 Å². The number of fused-ring (bicyclic) bond motifs is 1. The molecule has 4 rings (SSSR count). The van der Waals surface area contributed by atoms with Crippen molar-refractivity contribution >= 4 is 5.78 Å². The van der Waals surface area contributed by atoms with Crippen LogP contribution in [-0.2, 0) is 9.47 Å². The fraction of sp³-hybridized carbons (Fsp3) is 0.350. The molecule has 0 amide bonds. The van der Waals surface area contributed by atoms with Crippen LogP contribution < -0.4 is 4.74 Å². The van der Waals surface area contributed by atoms with Gasteiger partial charge in [-0.25, -0.2) is 0 Å². The van der Waals surface area contributed by atoms with E-state index in [4.69, 9.17) is 14.2 Å². The molecule has 0 saturated carbocycles. The highest BCUT2D eigenvalue weighted by molar-refractivity contribution is 6.05. The number of aliphatic hydroxyl groups is 3. The maximum atomic E-state index is 13.2. The van der Waals surface area contributed by atoms with Crippen LogP contribution in [0.25, 0.3) is 0 Å². The lowest BCUT2D eigenvalue weighted by molar-refractivity contribution is -0.199. The molecule has 2 heterocycles. The summed E-state index contributed by atoms with van der Waals surface area (Å²) in [6.45, 7) is -0.572. The number of hydrogen-bond acceptors (Lipinski definition) is 10. The first-order chi connectivity index (χ1) is 14.3. The molecule has 160 valence electrons. The number of ketones is 1. The molecule has 6 atom stereocenters. The predicted octanol–water partition coefficient (Wildman–Crippen LogP) is -0.0560. The van der Waals surface area contributed by atoms with Gasteiger partial charge >= 0.3 is 0 Å². The van der Waals surface area contributed by atoms with E-state index in [0.29, 0.717) is 5.56 Å². The molecule has 0 bridgehead atoms. The highest BCUT2D eigenvalue weighted by Crippen LogP contribution is 2.43. The SMILES string of the molecule is O=C1c2c(O)cc(O)cc2OC(c2ccc(O)cc2)C1OC1OC(CO)C(O)C1O. The summed E-state index contributed by atoms with van der Waals surface area (Å²) < 4.78 is 16.8. The van der Waals surface area contributed by atoms with Crippen molar-refractivity contribution in [1.29, 1.82) is 0 Å². The lowest BCUT2D eigenvalue weighted by atomic mass is 9.92. The number of phenols is 3. The van der Waals surface area contributed by atoms with E-state index >= 15 is 0 Å². The van der Waals surface area contributed by atoms with E-state index in [9.17, 15) is 35.4 Å². The number of Topliss-reactive ketones (excluding diaryl/α,β-unsaturated/α-hetero) is 1. The zero-order valence-corrected chi connectivity index (χ0v) is 15.5. The molecule has 6 N–H and O–H groups in total. The van der Waals surface area contributed by atoms with Crippen molar-refractivity contribution in [2.45, 2.75) is 36.8 Å². The molecule has 6 unspecified atom stereocenters. The standard InChI is InChI=1S/C20H20O10/c21-7-13-15(25)17(27)20(29-13)30-19-16(26)14-11(24)5-10(23)6-12(14)28-18(19)8-1-3-9(22)4-2-8/h1-6,13,15,17-25,27H,7H2. The van der Waals surface area contributed by atoms with Gasteiger partial charge in [0.15, 0.2) is 18.5 Å². The number of carbonyl (C=O) groups is 1. The van der Waals surface area contributed by atoms with Crippen molar-refractivity contribution in [2.75, 3.05) is 6.61 Å². The van der Waals surface area contributed by atoms with Gasteiger partial charge in [0.05, 0.1) is 6.61 Å². The number of rotatable bonds is 4. The monoisotopic (exact) mass is 420 g/mol. The molecule has 0 radical (unpaired) electrons. The molecule has 10 heteroatoms. The minimum absolute atomic E-state index is 0.0162. The summed E-state index contributed by atoms with van der Waals surface area (Å²) >= 11 is 0. The van der Waals surface area contributed by atoms with E-state index in [-0.39, 0.29) is 22.8 Å². The average molecular weight is 420 g/mol. The number of ether oxygens (including phenoxy) is 3. The summed E-state index contributed by atoms with van der Waals surface area (Å²) in [5, 5.41) is 58.8. The fourth-order valence-electron chi connectivity index (χ4n) is 3.57. The van der Waals surface area contributed by atoms with E-state index in [1.165, 1.54) is 30.3 Å². The fourth-order valence-corrected chi connectivity index (χ4v) is 3.57. The maximum absolute atomic E-state index is 13.2. The second-order valence-electron chi connectivity index (χ2n) is 7.10. The summed E-state index contributed by atoms with van der Waals surface area (Å²) in [5.41, 5.74) is 0.200. The molecule has 30 heavy (non-hydrogen) atoms. The molecule has 10 nitrogen and oxygen atoms in total. The van der Waals surface area contributed by atoms with Gasteiger partial charge in [-0.15, -0.1) is 0 Å². The average Bonchev–Trinajstić information content (AvgIpc) is 2.97. The number of hydrogen-bond donors (Lipinski definition) is 6. The van der Waals surface area contributed by atoms with E-state index in [1.54, 1.807) is 0 Å². The van der Waals surface area contributed by atoms with Crippen molar-refractivity contribution < 1.29 is 49.6 Å². The van der Waals surface area contributed by atoms with Crippen molar-refractivity contribution in [3.05, 3.63) is 47.5 Å². The Morgan fingerprint density at radius 1 is 0.967 bits per heavy atom. The van der Waals surface area contributed by atoms with Gasteiger partial charge < -0.3 is 44.8 Å². The van der Waals surface area contributed by atoms with Gasteiger partial charge in [0.25, 0.3) is 0 Å². The molecule has 0 spiro atoms. The van der Waals surface area contributed by atoms with Crippen LogP contribution in [0.2, 0.25) is 0 Å². The van der Waals surface area contributed by atoms with Gasteiger partial charge in [0, 0.05) is 12.1 Å². The second-order valence-corrected chi connectivity index (χ2v) is 7.10. The molecule has 1 fully saturated rings. The molecular weight excluding hydrogens is 400 g/mol. The first-order valence-electron chi connectivity index (χ1n) is 9.14. The quantitative estimate of drug-likeness (QED) is 0.395. The molecule has 2 aliphatic rings. The lowest BCUT2D eigenvalue weighted by Gasteiger charge is -2.34. The minimum atomic E-state index is -1.54. The van der Waals surface area contributed by atoms with Crippen molar-refractivity contribution in [1.82, 2.24) is 0 Å². The Labute approximate surface area is 170 Å². The van der Waals surface area contributed by atoms with Crippen LogP contribution in [0.1, 0.15) is 22.0 Å². The van der Waals surface area contributed by atoms with Crippen molar-refractivity contribution in [3.8, 4) is 23.0 Å². The smallest absolute Gasteiger partial charge is 0.203 e.